The SMILES string of the molecule is O=C(CCOc1ccc(Br)cc1)NCCCCCCCCCCCCCCCO. The van der Waals surface area contributed by atoms with Crippen LogP contribution < -0.4 is 10.1 Å². The summed E-state index contributed by atoms with van der Waals surface area (Å²) in [7, 11) is 0. The van der Waals surface area contributed by atoms with Gasteiger partial charge in [0.25, 0.3) is 0 Å². The summed E-state index contributed by atoms with van der Waals surface area (Å²) in [5.74, 6) is 0.859. The van der Waals surface area contributed by atoms with Crippen molar-refractivity contribution in [1.82, 2.24) is 5.32 Å². The summed E-state index contributed by atoms with van der Waals surface area (Å²) >= 11 is 3.39. The molecule has 2 N–H and O–H groups in total. The van der Waals surface area contributed by atoms with Gasteiger partial charge < -0.3 is 15.2 Å². The van der Waals surface area contributed by atoms with Crippen LogP contribution in [0, 0.1) is 0 Å². The molecule has 29 heavy (non-hydrogen) atoms. The van der Waals surface area contributed by atoms with Crippen LogP contribution in [0.1, 0.15) is 89.9 Å². The van der Waals surface area contributed by atoms with Crippen LogP contribution in [0.2, 0.25) is 0 Å². The molecule has 0 saturated carbocycles. The molecule has 0 radical (unpaired) electrons. The number of ether oxygens (including phenoxy) is 1. The van der Waals surface area contributed by atoms with Gasteiger partial charge in [0.15, 0.2) is 0 Å². The number of rotatable bonds is 19. The maximum Gasteiger partial charge on any atom is 0.223 e. The molecule has 1 rings (SSSR count). The molecule has 0 saturated heterocycles. The Morgan fingerprint density at radius 3 is 1.79 bits per heavy atom. The summed E-state index contributed by atoms with van der Waals surface area (Å²) in [5.41, 5.74) is 0. The fraction of sp³-hybridized carbons (Fsp3) is 0.708. The van der Waals surface area contributed by atoms with Gasteiger partial charge in [-0.05, 0) is 37.1 Å². The van der Waals surface area contributed by atoms with Crippen LogP contribution in [-0.2, 0) is 4.79 Å². The van der Waals surface area contributed by atoms with Gasteiger partial charge in [0.1, 0.15) is 5.75 Å². The number of carbonyl (C=O) groups is 1. The van der Waals surface area contributed by atoms with Crippen molar-refractivity contribution in [2.75, 3.05) is 19.8 Å². The van der Waals surface area contributed by atoms with E-state index in [1.54, 1.807) is 0 Å². The molecular formula is C24H40BrNO3. The van der Waals surface area contributed by atoms with Crippen molar-refractivity contribution >= 4 is 21.8 Å². The lowest BCUT2D eigenvalue weighted by Crippen LogP contribution is -2.25. The van der Waals surface area contributed by atoms with Crippen LogP contribution in [0.25, 0.3) is 0 Å². The van der Waals surface area contributed by atoms with E-state index in [2.05, 4.69) is 21.2 Å². The zero-order chi connectivity index (χ0) is 21.0. The second-order valence-electron chi connectivity index (χ2n) is 7.72. The number of halogens is 1. The lowest BCUT2D eigenvalue weighted by Gasteiger charge is -2.07. The zero-order valence-corrected chi connectivity index (χ0v) is 19.6. The number of hydrogen-bond donors (Lipinski definition) is 2. The van der Waals surface area contributed by atoms with Crippen LogP contribution >= 0.6 is 15.9 Å². The minimum atomic E-state index is 0.0680. The lowest BCUT2D eigenvalue weighted by molar-refractivity contribution is -0.121. The third-order valence-corrected chi connectivity index (χ3v) is 5.60. The van der Waals surface area contributed by atoms with E-state index in [9.17, 15) is 4.79 Å². The predicted octanol–water partition coefficient (Wildman–Crippen LogP) is 6.40. The molecule has 1 amide bonds. The Kier molecular flexibility index (Phi) is 16.9. The highest BCUT2D eigenvalue weighted by Crippen LogP contribution is 2.16. The fourth-order valence-corrected chi connectivity index (χ4v) is 3.55. The molecule has 0 aliphatic carbocycles. The molecule has 166 valence electrons. The van der Waals surface area contributed by atoms with Crippen molar-refractivity contribution < 1.29 is 14.6 Å². The maximum absolute atomic E-state index is 11.8. The molecule has 0 aliphatic heterocycles. The Balaban J connectivity index is 1.79. The van der Waals surface area contributed by atoms with E-state index in [4.69, 9.17) is 9.84 Å². The van der Waals surface area contributed by atoms with Gasteiger partial charge in [-0.2, -0.15) is 0 Å². The molecule has 0 unspecified atom stereocenters. The summed E-state index contributed by atoms with van der Waals surface area (Å²) < 4.78 is 6.59. The van der Waals surface area contributed by atoms with E-state index < -0.39 is 0 Å². The number of aliphatic hydroxyl groups excluding tert-OH is 1. The largest absolute Gasteiger partial charge is 0.493 e. The van der Waals surface area contributed by atoms with Crippen LogP contribution in [0.4, 0.5) is 0 Å². The van der Waals surface area contributed by atoms with Gasteiger partial charge in [-0.15, -0.1) is 0 Å². The van der Waals surface area contributed by atoms with Gasteiger partial charge in [0, 0.05) is 17.6 Å². The van der Waals surface area contributed by atoms with E-state index in [1.807, 2.05) is 24.3 Å². The molecule has 0 aromatic heterocycles. The molecular weight excluding hydrogens is 430 g/mol. The molecule has 5 heteroatoms. The molecule has 0 aliphatic rings. The van der Waals surface area contributed by atoms with Gasteiger partial charge in [0.05, 0.1) is 13.0 Å². The normalized spacial score (nSPS) is 10.8. The van der Waals surface area contributed by atoms with E-state index in [0.717, 1.165) is 29.6 Å². The topological polar surface area (TPSA) is 58.6 Å². The summed E-state index contributed by atoms with van der Waals surface area (Å²) in [6.07, 6.45) is 16.7. The minimum absolute atomic E-state index is 0.0680. The van der Waals surface area contributed by atoms with Crippen molar-refractivity contribution in [3.63, 3.8) is 0 Å². The highest BCUT2D eigenvalue weighted by atomic mass is 79.9. The Hall–Kier alpha value is -1.07. The highest BCUT2D eigenvalue weighted by Gasteiger charge is 2.02. The summed E-state index contributed by atoms with van der Waals surface area (Å²) in [5, 5.41) is 11.7. The molecule has 1 aromatic carbocycles. The quantitative estimate of drug-likeness (QED) is 0.230. The monoisotopic (exact) mass is 469 g/mol. The second kappa shape index (κ2) is 18.9. The Bertz CT molecular complexity index is 507. The summed E-state index contributed by atoms with van der Waals surface area (Å²) in [4.78, 5) is 11.8. The van der Waals surface area contributed by atoms with Gasteiger partial charge in [0.2, 0.25) is 5.91 Å². The zero-order valence-electron chi connectivity index (χ0n) is 18.0. The summed E-state index contributed by atoms with van der Waals surface area (Å²) in [6.45, 7) is 1.53. The maximum atomic E-state index is 11.8. The molecule has 0 heterocycles. The average Bonchev–Trinajstić information content (AvgIpc) is 2.72. The predicted molar refractivity (Wildman–Crippen MR) is 124 cm³/mol. The van der Waals surface area contributed by atoms with Crippen LogP contribution in [0.3, 0.4) is 0 Å². The van der Waals surface area contributed by atoms with Crippen molar-refractivity contribution in [3.8, 4) is 5.75 Å². The van der Waals surface area contributed by atoms with Gasteiger partial charge >= 0.3 is 0 Å². The number of nitrogens with one attached hydrogen (secondary N) is 1. The molecule has 4 nitrogen and oxygen atoms in total. The Labute approximate surface area is 185 Å². The Morgan fingerprint density at radius 1 is 0.793 bits per heavy atom. The average molecular weight is 470 g/mol. The highest BCUT2D eigenvalue weighted by molar-refractivity contribution is 9.10. The first-order chi connectivity index (χ1) is 14.2. The number of hydrogen-bond acceptors (Lipinski definition) is 3. The van der Waals surface area contributed by atoms with E-state index in [0.29, 0.717) is 19.6 Å². The first-order valence-electron chi connectivity index (χ1n) is 11.5. The van der Waals surface area contributed by atoms with Crippen LogP contribution in [-0.4, -0.2) is 30.8 Å². The molecule has 1 aromatic rings. The van der Waals surface area contributed by atoms with Crippen molar-refractivity contribution in [2.24, 2.45) is 0 Å². The van der Waals surface area contributed by atoms with Crippen LogP contribution in [0.5, 0.6) is 5.75 Å². The Morgan fingerprint density at radius 2 is 1.28 bits per heavy atom. The number of amides is 1. The number of unbranched alkanes of at least 4 members (excludes halogenated alkanes) is 12. The first-order valence-corrected chi connectivity index (χ1v) is 12.3. The van der Waals surface area contributed by atoms with Gasteiger partial charge in [-0.25, -0.2) is 0 Å². The third kappa shape index (κ3) is 16.4. The number of benzene rings is 1. The molecule has 0 fully saturated rings. The van der Waals surface area contributed by atoms with E-state index in [-0.39, 0.29) is 5.91 Å². The number of carbonyl (C=O) groups excluding carboxylic acids is 1. The van der Waals surface area contributed by atoms with Gasteiger partial charge in [-0.1, -0.05) is 86.6 Å². The van der Waals surface area contributed by atoms with E-state index >= 15 is 0 Å². The summed E-state index contributed by atoms with van der Waals surface area (Å²) in [6, 6.07) is 7.64. The fourth-order valence-electron chi connectivity index (χ4n) is 3.29. The first kappa shape index (κ1) is 26.0. The molecule has 0 atom stereocenters. The lowest BCUT2D eigenvalue weighted by atomic mass is 10.0. The third-order valence-electron chi connectivity index (χ3n) is 5.07. The molecule has 0 bridgehead atoms. The van der Waals surface area contributed by atoms with Crippen molar-refractivity contribution in [2.45, 2.75) is 89.9 Å². The van der Waals surface area contributed by atoms with Gasteiger partial charge in [-0.3, -0.25) is 4.79 Å². The molecule has 0 spiro atoms. The van der Waals surface area contributed by atoms with E-state index in [1.165, 1.54) is 70.6 Å². The van der Waals surface area contributed by atoms with Crippen LogP contribution in [0.15, 0.2) is 28.7 Å². The second-order valence-corrected chi connectivity index (χ2v) is 8.64. The smallest absolute Gasteiger partial charge is 0.223 e. The van der Waals surface area contributed by atoms with Crippen molar-refractivity contribution in [3.05, 3.63) is 28.7 Å². The number of aliphatic hydroxyl groups is 1. The minimum Gasteiger partial charge on any atom is -0.493 e. The standard InChI is InChI=1S/C24H40BrNO3/c25-22-14-16-23(17-15-22)29-21-18-24(28)26-19-12-10-8-6-4-2-1-3-5-7-9-11-13-20-27/h14-17,27H,1-13,18-21H2,(H,26,28). The van der Waals surface area contributed by atoms with Crippen molar-refractivity contribution in [1.29, 1.82) is 0 Å².